The molecule has 1 N–H and O–H groups in total. The second-order valence-electron chi connectivity index (χ2n) is 4.81. The highest BCUT2D eigenvalue weighted by molar-refractivity contribution is 5.59. The van der Waals surface area contributed by atoms with Crippen molar-refractivity contribution < 1.29 is 4.84 Å². The van der Waals surface area contributed by atoms with E-state index in [1.807, 2.05) is 61.6 Å². The van der Waals surface area contributed by atoms with E-state index in [9.17, 15) is 0 Å². The maximum atomic E-state index is 5.40. The molecule has 1 aliphatic rings. The third-order valence-electron chi connectivity index (χ3n) is 3.38. The number of rotatable bonds is 7. The van der Waals surface area contributed by atoms with Gasteiger partial charge in [-0.1, -0.05) is 87.4 Å². The zero-order valence-electron chi connectivity index (χ0n) is 19.2. The molecule has 1 aliphatic heterocycles. The van der Waals surface area contributed by atoms with Crippen LogP contribution in [0.2, 0.25) is 0 Å². The molecule has 0 aromatic rings. The third-order valence-corrected chi connectivity index (χ3v) is 3.38. The van der Waals surface area contributed by atoms with Crippen molar-refractivity contribution in [1.82, 2.24) is 5.32 Å². The van der Waals surface area contributed by atoms with Gasteiger partial charge in [-0.05, 0) is 38.1 Å². The highest BCUT2D eigenvalue weighted by Gasteiger charge is 2.17. The van der Waals surface area contributed by atoms with Gasteiger partial charge in [0.05, 0.1) is 0 Å². The van der Waals surface area contributed by atoms with Gasteiger partial charge in [0.15, 0.2) is 0 Å². The Hall–Kier alpha value is -0.830. The van der Waals surface area contributed by atoms with Crippen LogP contribution in [0.15, 0.2) is 17.5 Å². The van der Waals surface area contributed by atoms with E-state index in [2.05, 4.69) is 30.9 Å². The van der Waals surface area contributed by atoms with E-state index in [0.29, 0.717) is 11.8 Å². The number of oxime groups is 1. The number of nitrogens with one attached hydrogen (secondary N) is 1. The van der Waals surface area contributed by atoms with Crippen molar-refractivity contribution in [1.29, 1.82) is 0 Å². The Bertz CT molecular complexity index is 246. The van der Waals surface area contributed by atoms with E-state index in [4.69, 9.17) is 4.84 Å². The second-order valence-corrected chi connectivity index (χ2v) is 4.81. The molecule has 0 aromatic heterocycles. The van der Waals surface area contributed by atoms with Gasteiger partial charge in [-0.2, -0.15) is 0 Å². The predicted molar refractivity (Wildman–Crippen MR) is 118 cm³/mol. The molecule has 0 aliphatic carbocycles. The van der Waals surface area contributed by atoms with Gasteiger partial charge in [-0.25, -0.2) is 0 Å². The fraction of sp³-hybridized carbons (Fsp3) is 0.864. The molecular formula is C22H50N2O. The van der Waals surface area contributed by atoms with Crippen LogP contribution >= 0.6 is 0 Å². The standard InChI is InChI=1S/C14H26N2O.4C2H6/c1-4-7-13(5-2)10-16-17-12(3)14-8-6-9-15-11-14;4*1-2/h10,13-15H,3-9,11H2,1-2H3;4*1-2H3/b16-10+;;;;. The third kappa shape index (κ3) is 21.1. The molecule has 2 unspecified atom stereocenters. The lowest BCUT2D eigenvalue weighted by Gasteiger charge is -2.22. The highest BCUT2D eigenvalue weighted by Crippen LogP contribution is 2.19. The van der Waals surface area contributed by atoms with Crippen molar-refractivity contribution in [2.24, 2.45) is 17.0 Å². The van der Waals surface area contributed by atoms with Gasteiger partial charge < -0.3 is 10.2 Å². The van der Waals surface area contributed by atoms with E-state index < -0.39 is 0 Å². The molecule has 2 atom stereocenters. The summed E-state index contributed by atoms with van der Waals surface area (Å²) in [4.78, 5) is 5.40. The molecule has 0 bridgehead atoms. The van der Waals surface area contributed by atoms with Gasteiger partial charge in [0, 0.05) is 18.7 Å². The van der Waals surface area contributed by atoms with Crippen LogP contribution in [0.25, 0.3) is 0 Å². The summed E-state index contributed by atoms with van der Waals surface area (Å²) in [5.74, 6) is 1.77. The molecule has 0 amide bonds. The van der Waals surface area contributed by atoms with Crippen LogP contribution < -0.4 is 5.32 Å². The van der Waals surface area contributed by atoms with Crippen LogP contribution in [-0.4, -0.2) is 19.3 Å². The Balaban J connectivity index is -0.000000241. The van der Waals surface area contributed by atoms with E-state index in [0.717, 1.165) is 31.7 Å². The lowest BCUT2D eigenvalue weighted by molar-refractivity contribution is 0.176. The monoisotopic (exact) mass is 358 g/mol. The smallest absolute Gasteiger partial charge is 0.132 e. The zero-order chi connectivity index (χ0) is 20.5. The Kier molecular flexibility index (Phi) is 39.5. The molecule has 0 saturated carbocycles. The molecule has 1 saturated heterocycles. The summed E-state index contributed by atoms with van der Waals surface area (Å²) in [7, 11) is 0. The van der Waals surface area contributed by atoms with Gasteiger partial charge in [0.25, 0.3) is 0 Å². The van der Waals surface area contributed by atoms with Crippen molar-refractivity contribution in [3.8, 4) is 0 Å². The second kappa shape index (κ2) is 31.0. The first-order chi connectivity index (χ1) is 12.3. The summed E-state index contributed by atoms with van der Waals surface area (Å²) in [6, 6.07) is 0. The molecule has 1 fully saturated rings. The molecular weight excluding hydrogens is 308 g/mol. The number of hydrogen-bond acceptors (Lipinski definition) is 3. The number of piperidine rings is 1. The van der Waals surface area contributed by atoms with Crippen LogP contribution in [0.5, 0.6) is 0 Å². The summed E-state index contributed by atoms with van der Waals surface area (Å²) in [6.07, 6.45) is 7.79. The van der Waals surface area contributed by atoms with Crippen molar-refractivity contribution >= 4 is 6.21 Å². The zero-order valence-corrected chi connectivity index (χ0v) is 19.2. The average molecular weight is 359 g/mol. The summed E-state index contributed by atoms with van der Waals surface area (Å²) in [6.45, 7) is 26.4. The van der Waals surface area contributed by atoms with Crippen molar-refractivity contribution in [3.63, 3.8) is 0 Å². The van der Waals surface area contributed by atoms with Crippen molar-refractivity contribution in [3.05, 3.63) is 12.3 Å². The lowest BCUT2D eigenvalue weighted by Crippen LogP contribution is -2.30. The Labute approximate surface area is 160 Å². The molecule has 154 valence electrons. The van der Waals surface area contributed by atoms with E-state index in [1.54, 1.807) is 0 Å². The fourth-order valence-corrected chi connectivity index (χ4v) is 2.14. The molecule has 0 aromatic carbocycles. The first kappa shape index (κ1) is 31.9. The summed E-state index contributed by atoms with van der Waals surface area (Å²) >= 11 is 0. The Morgan fingerprint density at radius 1 is 1.12 bits per heavy atom. The maximum absolute atomic E-state index is 5.40. The first-order valence-electron chi connectivity index (χ1n) is 10.9. The van der Waals surface area contributed by atoms with Gasteiger partial charge >= 0.3 is 0 Å². The molecule has 3 nitrogen and oxygen atoms in total. The topological polar surface area (TPSA) is 33.6 Å². The molecule has 0 spiro atoms. The molecule has 3 heteroatoms. The highest BCUT2D eigenvalue weighted by atomic mass is 16.6. The van der Waals surface area contributed by atoms with E-state index >= 15 is 0 Å². The van der Waals surface area contributed by atoms with Gasteiger partial charge in [0.2, 0.25) is 0 Å². The lowest BCUT2D eigenvalue weighted by atomic mass is 9.98. The fourth-order valence-electron chi connectivity index (χ4n) is 2.14. The van der Waals surface area contributed by atoms with Gasteiger partial charge in [-0.15, -0.1) is 0 Å². The van der Waals surface area contributed by atoms with E-state index in [1.165, 1.54) is 19.3 Å². The Morgan fingerprint density at radius 3 is 2.08 bits per heavy atom. The van der Waals surface area contributed by atoms with E-state index in [-0.39, 0.29) is 0 Å². The van der Waals surface area contributed by atoms with Crippen molar-refractivity contribution in [2.75, 3.05) is 13.1 Å². The number of nitrogens with zero attached hydrogens (tertiary/aromatic N) is 1. The quantitative estimate of drug-likeness (QED) is 0.291. The molecule has 0 radical (unpaired) electrons. The largest absolute Gasteiger partial charge is 0.362 e. The summed E-state index contributed by atoms with van der Waals surface area (Å²) in [5, 5.41) is 7.44. The minimum absolute atomic E-state index is 0.423. The SMILES string of the molecule is C=C(O/N=C/C(CC)CCC)C1CCCNC1.CC.CC.CC.CC. The van der Waals surface area contributed by atoms with Crippen LogP contribution in [0, 0.1) is 11.8 Å². The van der Waals surface area contributed by atoms with Crippen LogP contribution in [0.3, 0.4) is 0 Å². The number of hydrogen-bond donors (Lipinski definition) is 1. The minimum Gasteiger partial charge on any atom is -0.362 e. The summed E-state index contributed by atoms with van der Waals surface area (Å²) in [5.41, 5.74) is 0. The normalized spacial score (nSPS) is 16.3. The minimum atomic E-state index is 0.423. The average Bonchev–Trinajstić information content (AvgIpc) is 2.73. The molecule has 1 rings (SSSR count). The van der Waals surface area contributed by atoms with Crippen LogP contribution in [0.1, 0.15) is 101 Å². The van der Waals surface area contributed by atoms with Crippen LogP contribution in [0.4, 0.5) is 0 Å². The first-order valence-corrected chi connectivity index (χ1v) is 10.9. The summed E-state index contributed by atoms with van der Waals surface area (Å²) < 4.78 is 0. The predicted octanol–water partition coefficient (Wildman–Crippen LogP) is 7.43. The molecule has 1 heterocycles. The molecule has 25 heavy (non-hydrogen) atoms. The van der Waals surface area contributed by atoms with Crippen LogP contribution in [-0.2, 0) is 4.84 Å². The maximum Gasteiger partial charge on any atom is 0.132 e. The van der Waals surface area contributed by atoms with Gasteiger partial charge in [0.1, 0.15) is 5.76 Å². The van der Waals surface area contributed by atoms with Gasteiger partial charge in [-0.3, -0.25) is 0 Å². The Morgan fingerprint density at radius 2 is 1.68 bits per heavy atom. The van der Waals surface area contributed by atoms with Crippen molar-refractivity contribution in [2.45, 2.75) is 101 Å².